The second kappa shape index (κ2) is 7.06. The number of benzene rings is 1. The molecule has 0 radical (unpaired) electrons. The fourth-order valence-corrected chi connectivity index (χ4v) is 2.66. The predicted octanol–water partition coefficient (Wildman–Crippen LogP) is 2.86. The average molecular weight is 281 g/mol. The quantitative estimate of drug-likeness (QED) is 0.779. The van der Waals surface area contributed by atoms with Gasteiger partial charge in [0, 0.05) is 36.4 Å². The summed E-state index contributed by atoms with van der Waals surface area (Å²) in [6, 6.07) is 4.28. The maximum Gasteiger partial charge on any atom is 0.124 e. The van der Waals surface area contributed by atoms with E-state index in [4.69, 9.17) is 9.47 Å². The van der Waals surface area contributed by atoms with Crippen LogP contribution in [0.2, 0.25) is 0 Å². The maximum absolute atomic E-state index is 5.82. The molecule has 0 bridgehead atoms. The first-order valence-corrected chi connectivity index (χ1v) is 8.29. The highest BCUT2D eigenvalue weighted by Gasteiger charge is 2.21. The van der Waals surface area contributed by atoms with E-state index >= 15 is 0 Å². The molecule has 1 N–H and O–H groups in total. The molecule has 0 saturated heterocycles. The van der Waals surface area contributed by atoms with Gasteiger partial charge in [-0.15, -0.1) is 0 Å². The highest BCUT2D eigenvalue weighted by molar-refractivity contribution is 7.98. The van der Waals surface area contributed by atoms with Gasteiger partial charge in [0.25, 0.3) is 0 Å². The van der Waals surface area contributed by atoms with E-state index < -0.39 is 0 Å². The van der Waals surface area contributed by atoms with Gasteiger partial charge in [-0.2, -0.15) is 11.8 Å². The maximum atomic E-state index is 5.82. The Morgan fingerprint density at radius 1 is 1.47 bits per heavy atom. The lowest BCUT2D eigenvalue weighted by molar-refractivity contribution is 0.254. The fraction of sp³-hybridized carbons (Fsp3) is 0.600. The van der Waals surface area contributed by atoms with Gasteiger partial charge in [-0.25, -0.2) is 0 Å². The monoisotopic (exact) mass is 281 g/mol. The van der Waals surface area contributed by atoms with Crippen LogP contribution in [0.3, 0.4) is 0 Å². The first kappa shape index (κ1) is 14.5. The molecule has 1 aliphatic heterocycles. The van der Waals surface area contributed by atoms with Crippen LogP contribution in [-0.2, 0) is 13.0 Å². The van der Waals surface area contributed by atoms with Crippen molar-refractivity contribution in [2.45, 2.75) is 32.9 Å². The minimum atomic E-state index is 0.282. The van der Waals surface area contributed by atoms with E-state index in [2.05, 4.69) is 30.6 Å². The third kappa shape index (κ3) is 3.80. The lowest BCUT2D eigenvalue weighted by Gasteiger charge is -2.13. The number of hydrogen-bond acceptors (Lipinski definition) is 4. The predicted molar refractivity (Wildman–Crippen MR) is 81.5 cm³/mol. The van der Waals surface area contributed by atoms with Gasteiger partial charge in [0.2, 0.25) is 0 Å². The van der Waals surface area contributed by atoms with Crippen molar-refractivity contribution in [3.05, 3.63) is 23.3 Å². The van der Waals surface area contributed by atoms with Crippen LogP contribution < -0.4 is 14.8 Å². The summed E-state index contributed by atoms with van der Waals surface area (Å²) < 4.78 is 11.6. The Morgan fingerprint density at radius 3 is 3.05 bits per heavy atom. The zero-order valence-corrected chi connectivity index (χ0v) is 12.8. The van der Waals surface area contributed by atoms with Crippen molar-refractivity contribution in [1.29, 1.82) is 0 Å². The molecule has 1 aliphatic rings. The van der Waals surface area contributed by atoms with E-state index in [9.17, 15) is 0 Å². The molecule has 0 fully saturated rings. The first-order chi connectivity index (χ1) is 9.24. The van der Waals surface area contributed by atoms with Crippen molar-refractivity contribution < 1.29 is 9.47 Å². The zero-order valence-electron chi connectivity index (χ0n) is 12.0. The zero-order chi connectivity index (χ0) is 13.7. The second-order valence-corrected chi connectivity index (χ2v) is 5.79. The molecule has 1 aromatic rings. The summed E-state index contributed by atoms with van der Waals surface area (Å²) in [5, 5.41) is 3.45. The van der Waals surface area contributed by atoms with Crippen LogP contribution in [0.15, 0.2) is 12.1 Å². The number of rotatable bonds is 7. The number of thioether (sulfide) groups is 1. The molecular weight excluding hydrogens is 258 g/mol. The van der Waals surface area contributed by atoms with Crippen LogP contribution in [0.25, 0.3) is 0 Å². The highest BCUT2D eigenvalue weighted by Crippen LogP contribution is 2.35. The van der Waals surface area contributed by atoms with Crippen LogP contribution in [0.4, 0.5) is 0 Å². The number of nitrogens with one attached hydrogen (secondary N) is 1. The van der Waals surface area contributed by atoms with E-state index in [-0.39, 0.29) is 6.10 Å². The van der Waals surface area contributed by atoms with Gasteiger partial charge in [0.15, 0.2) is 0 Å². The third-order valence-corrected chi connectivity index (χ3v) is 3.79. The van der Waals surface area contributed by atoms with E-state index in [1.165, 1.54) is 11.1 Å². The second-order valence-electron chi connectivity index (χ2n) is 4.80. The average Bonchev–Trinajstić information content (AvgIpc) is 2.74. The number of ether oxygens (including phenoxy) is 2. The number of fused-ring (bicyclic) bond motifs is 1. The molecule has 106 valence electrons. The summed E-state index contributed by atoms with van der Waals surface area (Å²) in [4.78, 5) is 0. The minimum Gasteiger partial charge on any atom is -0.494 e. The molecule has 2 rings (SSSR count). The summed E-state index contributed by atoms with van der Waals surface area (Å²) in [6.07, 6.45) is 3.39. The van der Waals surface area contributed by atoms with Gasteiger partial charge in [-0.1, -0.05) is 0 Å². The molecule has 0 aliphatic carbocycles. The third-order valence-electron chi connectivity index (χ3n) is 3.18. The largest absolute Gasteiger partial charge is 0.494 e. The molecule has 1 heterocycles. The lowest BCUT2D eigenvalue weighted by Crippen LogP contribution is -2.17. The highest BCUT2D eigenvalue weighted by atomic mass is 32.2. The fourth-order valence-electron chi connectivity index (χ4n) is 2.31. The van der Waals surface area contributed by atoms with Crippen LogP contribution in [0, 0.1) is 0 Å². The first-order valence-electron chi connectivity index (χ1n) is 6.89. The Balaban J connectivity index is 2.09. The van der Waals surface area contributed by atoms with E-state index in [0.29, 0.717) is 6.61 Å². The Labute approximate surface area is 120 Å². The van der Waals surface area contributed by atoms with Crippen LogP contribution in [0.1, 0.15) is 25.0 Å². The van der Waals surface area contributed by atoms with Crippen molar-refractivity contribution in [2.75, 3.05) is 25.2 Å². The van der Waals surface area contributed by atoms with Gasteiger partial charge in [-0.3, -0.25) is 0 Å². The van der Waals surface area contributed by atoms with E-state index in [1.807, 2.05) is 18.7 Å². The van der Waals surface area contributed by atoms with Crippen molar-refractivity contribution in [3.8, 4) is 11.5 Å². The molecule has 0 aromatic heterocycles. The molecule has 1 atom stereocenters. The Hall–Kier alpha value is -0.870. The van der Waals surface area contributed by atoms with Gasteiger partial charge in [0.05, 0.1) is 6.61 Å². The van der Waals surface area contributed by atoms with Crippen molar-refractivity contribution >= 4 is 11.8 Å². The molecule has 0 amide bonds. The van der Waals surface area contributed by atoms with Gasteiger partial charge < -0.3 is 14.8 Å². The van der Waals surface area contributed by atoms with Crippen LogP contribution in [0.5, 0.6) is 11.5 Å². The summed E-state index contributed by atoms with van der Waals surface area (Å²) >= 11 is 1.85. The Bertz CT molecular complexity index is 423. The van der Waals surface area contributed by atoms with Crippen molar-refractivity contribution in [3.63, 3.8) is 0 Å². The summed E-state index contributed by atoms with van der Waals surface area (Å²) in [5.74, 6) is 3.15. The summed E-state index contributed by atoms with van der Waals surface area (Å²) in [5.41, 5.74) is 2.46. The molecule has 0 saturated carbocycles. The smallest absolute Gasteiger partial charge is 0.124 e. The van der Waals surface area contributed by atoms with Gasteiger partial charge in [0.1, 0.15) is 17.6 Å². The standard InChI is InChI=1S/C15H23NO2S/c1-4-17-14-8-12-7-11(2)18-15(12)9-13(14)10-16-5-6-19-3/h8-9,11,16H,4-7,10H2,1-3H3. The molecule has 1 unspecified atom stereocenters. The van der Waals surface area contributed by atoms with Gasteiger partial charge >= 0.3 is 0 Å². The minimum absolute atomic E-state index is 0.282. The normalized spacial score (nSPS) is 17.1. The van der Waals surface area contributed by atoms with Gasteiger partial charge in [-0.05, 0) is 32.2 Å². The topological polar surface area (TPSA) is 30.5 Å². The number of hydrogen-bond donors (Lipinski definition) is 1. The molecule has 0 spiro atoms. The molecule has 4 heteroatoms. The summed E-state index contributed by atoms with van der Waals surface area (Å²) in [6.45, 7) is 6.68. The molecule has 19 heavy (non-hydrogen) atoms. The molecular formula is C15H23NO2S. The Kier molecular flexibility index (Phi) is 5.40. The summed E-state index contributed by atoms with van der Waals surface area (Å²) in [7, 11) is 0. The lowest BCUT2D eigenvalue weighted by atomic mass is 10.1. The molecule has 3 nitrogen and oxygen atoms in total. The van der Waals surface area contributed by atoms with Crippen molar-refractivity contribution in [1.82, 2.24) is 5.32 Å². The SMILES string of the molecule is CCOc1cc2c(cc1CNCCSC)OC(C)C2. The molecule has 1 aromatic carbocycles. The van der Waals surface area contributed by atoms with Crippen LogP contribution >= 0.6 is 11.8 Å². The van der Waals surface area contributed by atoms with Crippen molar-refractivity contribution in [2.24, 2.45) is 0 Å². The Morgan fingerprint density at radius 2 is 2.32 bits per heavy atom. The van der Waals surface area contributed by atoms with E-state index in [1.54, 1.807) is 0 Å². The van der Waals surface area contributed by atoms with Crippen LogP contribution in [-0.4, -0.2) is 31.3 Å². The van der Waals surface area contributed by atoms with E-state index in [0.717, 1.165) is 36.8 Å².